The first kappa shape index (κ1) is 10.8. The summed E-state index contributed by atoms with van der Waals surface area (Å²) in [4.78, 5) is 0. The minimum absolute atomic E-state index is 0.219. The molecule has 0 aliphatic carbocycles. The second-order valence-corrected chi connectivity index (χ2v) is 3.66. The van der Waals surface area contributed by atoms with Crippen LogP contribution < -0.4 is 9.46 Å². The van der Waals surface area contributed by atoms with Gasteiger partial charge in [-0.1, -0.05) is 12.1 Å². The highest BCUT2D eigenvalue weighted by atomic mass is 32.2. The van der Waals surface area contributed by atoms with Crippen LogP contribution >= 0.6 is 0 Å². The number of rotatable bonds is 4. The molecule has 0 fully saturated rings. The molecule has 5 nitrogen and oxygen atoms in total. The fourth-order valence-electron chi connectivity index (χ4n) is 0.971. The zero-order valence-corrected chi connectivity index (χ0v) is 8.41. The first-order chi connectivity index (χ1) is 6.53. The van der Waals surface area contributed by atoms with E-state index in [0.29, 0.717) is 12.4 Å². The molecule has 0 heterocycles. The molecule has 0 aliphatic heterocycles. The normalized spacial score (nSPS) is 11.0. The third-order valence-corrected chi connectivity index (χ3v) is 1.90. The number of para-hydroxylation sites is 2. The van der Waals surface area contributed by atoms with Crippen LogP contribution in [-0.2, 0) is 10.3 Å². The van der Waals surface area contributed by atoms with Crippen molar-refractivity contribution in [1.82, 2.24) is 0 Å². The van der Waals surface area contributed by atoms with Crippen molar-refractivity contribution >= 4 is 16.0 Å². The lowest BCUT2D eigenvalue weighted by Crippen LogP contribution is -2.11. The van der Waals surface area contributed by atoms with Gasteiger partial charge < -0.3 is 4.74 Å². The highest BCUT2D eigenvalue weighted by molar-refractivity contribution is 7.87. The summed E-state index contributed by atoms with van der Waals surface area (Å²) in [5, 5.41) is 0. The van der Waals surface area contributed by atoms with Crippen LogP contribution in [0.4, 0.5) is 5.69 Å². The van der Waals surface area contributed by atoms with Crippen LogP contribution in [0.15, 0.2) is 24.3 Å². The summed E-state index contributed by atoms with van der Waals surface area (Å²) in [5.41, 5.74) is 0.219. The molecule has 0 radical (unpaired) electrons. The lowest BCUT2D eigenvalue weighted by Gasteiger charge is -2.09. The van der Waals surface area contributed by atoms with Crippen LogP contribution in [0, 0.1) is 0 Å². The smallest absolute Gasteiger partial charge is 0.357 e. The SMILES string of the molecule is CCOc1ccccc1NS(=O)(=O)O. The van der Waals surface area contributed by atoms with Crippen molar-refractivity contribution in [1.29, 1.82) is 0 Å². The van der Waals surface area contributed by atoms with E-state index in [4.69, 9.17) is 9.29 Å². The molecule has 0 atom stereocenters. The van der Waals surface area contributed by atoms with Crippen molar-refractivity contribution in [3.8, 4) is 5.75 Å². The summed E-state index contributed by atoms with van der Waals surface area (Å²) in [5.74, 6) is 0.382. The summed E-state index contributed by atoms with van der Waals surface area (Å²) in [6.45, 7) is 2.20. The van der Waals surface area contributed by atoms with Crippen LogP contribution in [0.25, 0.3) is 0 Å². The lowest BCUT2D eigenvalue weighted by atomic mass is 10.3. The third kappa shape index (κ3) is 3.23. The van der Waals surface area contributed by atoms with E-state index in [9.17, 15) is 8.42 Å². The number of ether oxygens (including phenoxy) is 1. The zero-order chi connectivity index (χ0) is 10.6. The molecule has 0 saturated heterocycles. The molecule has 0 spiro atoms. The second-order valence-electron chi connectivity index (χ2n) is 2.51. The Labute approximate surface area is 82.6 Å². The van der Waals surface area contributed by atoms with Gasteiger partial charge >= 0.3 is 10.3 Å². The van der Waals surface area contributed by atoms with Gasteiger partial charge in [-0.3, -0.25) is 9.27 Å². The van der Waals surface area contributed by atoms with Crippen LogP contribution in [0.3, 0.4) is 0 Å². The topological polar surface area (TPSA) is 75.6 Å². The molecule has 2 N–H and O–H groups in total. The lowest BCUT2D eigenvalue weighted by molar-refractivity contribution is 0.342. The Kier molecular flexibility index (Phi) is 3.32. The third-order valence-electron chi connectivity index (χ3n) is 1.43. The van der Waals surface area contributed by atoms with E-state index in [0.717, 1.165) is 0 Å². The first-order valence-corrected chi connectivity index (χ1v) is 5.44. The van der Waals surface area contributed by atoms with Gasteiger partial charge in [0.15, 0.2) is 0 Å². The fraction of sp³-hybridized carbons (Fsp3) is 0.250. The number of benzene rings is 1. The van der Waals surface area contributed by atoms with Gasteiger partial charge in [-0.05, 0) is 19.1 Å². The van der Waals surface area contributed by atoms with Crippen LogP contribution in [0.2, 0.25) is 0 Å². The van der Waals surface area contributed by atoms with Gasteiger partial charge in [0.25, 0.3) is 0 Å². The van der Waals surface area contributed by atoms with Crippen LogP contribution in [0.1, 0.15) is 6.92 Å². The van der Waals surface area contributed by atoms with Crippen molar-refractivity contribution < 1.29 is 17.7 Å². The molecule has 78 valence electrons. The van der Waals surface area contributed by atoms with E-state index in [1.807, 2.05) is 4.72 Å². The minimum atomic E-state index is -4.25. The van der Waals surface area contributed by atoms with Crippen LogP contribution in [-0.4, -0.2) is 19.6 Å². The van der Waals surface area contributed by atoms with Crippen molar-refractivity contribution in [2.24, 2.45) is 0 Å². The minimum Gasteiger partial charge on any atom is -0.492 e. The van der Waals surface area contributed by atoms with Gasteiger partial charge in [0, 0.05) is 0 Å². The summed E-state index contributed by atoms with van der Waals surface area (Å²) in [7, 11) is -4.25. The average molecular weight is 217 g/mol. The van der Waals surface area contributed by atoms with Gasteiger partial charge in [0.05, 0.1) is 12.3 Å². The van der Waals surface area contributed by atoms with Gasteiger partial charge in [0.1, 0.15) is 5.75 Å². The Morgan fingerprint density at radius 3 is 2.64 bits per heavy atom. The highest BCUT2D eigenvalue weighted by Crippen LogP contribution is 2.24. The van der Waals surface area contributed by atoms with E-state index < -0.39 is 10.3 Å². The van der Waals surface area contributed by atoms with E-state index in [1.54, 1.807) is 25.1 Å². The number of anilines is 1. The predicted octanol–water partition coefficient (Wildman–Crippen LogP) is 1.30. The molecule has 6 heteroatoms. The Hall–Kier alpha value is -1.27. The Bertz CT molecular complexity index is 402. The number of hydrogen-bond acceptors (Lipinski definition) is 3. The number of hydrogen-bond donors (Lipinski definition) is 2. The van der Waals surface area contributed by atoms with Crippen molar-refractivity contribution in [2.45, 2.75) is 6.92 Å². The molecule has 1 aromatic rings. The quantitative estimate of drug-likeness (QED) is 0.745. The summed E-state index contributed by atoms with van der Waals surface area (Å²) in [6, 6.07) is 6.45. The Morgan fingerprint density at radius 1 is 1.43 bits per heavy atom. The van der Waals surface area contributed by atoms with E-state index in [2.05, 4.69) is 0 Å². The Morgan fingerprint density at radius 2 is 2.07 bits per heavy atom. The van der Waals surface area contributed by atoms with Crippen molar-refractivity contribution in [3.05, 3.63) is 24.3 Å². The first-order valence-electron chi connectivity index (χ1n) is 4.00. The Balaban J connectivity index is 2.95. The molecule has 0 amide bonds. The summed E-state index contributed by atoms with van der Waals surface area (Å²) >= 11 is 0. The zero-order valence-electron chi connectivity index (χ0n) is 7.60. The maximum absolute atomic E-state index is 10.5. The molecular formula is C8H11NO4S. The monoisotopic (exact) mass is 217 g/mol. The highest BCUT2D eigenvalue weighted by Gasteiger charge is 2.08. The second kappa shape index (κ2) is 4.30. The van der Waals surface area contributed by atoms with Gasteiger partial charge in [0.2, 0.25) is 0 Å². The molecular weight excluding hydrogens is 206 g/mol. The molecule has 0 bridgehead atoms. The molecule has 1 aromatic carbocycles. The maximum Gasteiger partial charge on any atom is 0.357 e. The molecule has 14 heavy (non-hydrogen) atoms. The van der Waals surface area contributed by atoms with E-state index >= 15 is 0 Å². The molecule has 1 rings (SSSR count). The predicted molar refractivity (Wildman–Crippen MR) is 52.8 cm³/mol. The molecule has 0 unspecified atom stereocenters. The molecule has 0 saturated carbocycles. The van der Waals surface area contributed by atoms with Gasteiger partial charge in [-0.2, -0.15) is 8.42 Å². The molecule has 0 aliphatic rings. The largest absolute Gasteiger partial charge is 0.492 e. The van der Waals surface area contributed by atoms with E-state index in [1.165, 1.54) is 6.07 Å². The fourth-order valence-corrected chi connectivity index (χ4v) is 1.42. The van der Waals surface area contributed by atoms with Crippen molar-refractivity contribution in [2.75, 3.05) is 11.3 Å². The maximum atomic E-state index is 10.5. The van der Waals surface area contributed by atoms with Gasteiger partial charge in [-0.25, -0.2) is 0 Å². The van der Waals surface area contributed by atoms with Crippen LogP contribution in [0.5, 0.6) is 5.75 Å². The van der Waals surface area contributed by atoms with Gasteiger partial charge in [-0.15, -0.1) is 0 Å². The summed E-state index contributed by atoms with van der Waals surface area (Å²) in [6.07, 6.45) is 0. The average Bonchev–Trinajstić information content (AvgIpc) is 2.06. The van der Waals surface area contributed by atoms with Crippen molar-refractivity contribution in [3.63, 3.8) is 0 Å². The summed E-state index contributed by atoms with van der Waals surface area (Å²) < 4.78 is 36.7. The molecule has 0 aromatic heterocycles. The number of nitrogens with one attached hydrogen (secondary N) is 1. The standard InChI is InChI=1S/C8H11NO4S/c1-2-13-8-6-4-3-5-7(8)9-14(10,11)12/h3-6,9H,2H2,1H3,(H,10,11,12). The van der Waals surface area contributed by atoms with E-state index in [-0.39, 0.29) is 5.69 Å².